The Kier molecular flexibility index (Phi) is 5.74. The van der Waals surface area contributed by atoms with Crippen molar-refractivity contribution in [2.75, 3.05) is 5.75 Å². The van der Waals surface area contributed by atoms with Gasteiger partial charge >= 0.3 is 6.09 Å². The highest BCUT2D eigenvalue weighted by Gasteiger charge is 2.21. The van der Waals surface area contributed by atoms with E-state index in [0.29, 0.717) is 0 Å². The fraction of sp³-hybridized carbons (Fsp3) is 0.500. The van der Waals surface area contributed by atoms with Gasteiger partial charge in [0.15, 0.2) is 0 Å². The topological polar surface area (TPSA) is 92.7 Å². The zero-order valence-corrected chi connectivity index (χ0v) is 13.2. The molecule has 1 amide bonds. The first-order chi connectivity index (χ1) is 9.57. The molecule has 0 radical (unpaired) electrons. The quantitative estimate of drug-likeness (QED) is 0.815. The molecule has 1 aromatic rings. The zero-order valence-electron chi connectivity index (χ0n) is 12.4. The van der Waals surface area contributed by atoms with Crippen LogP contribution in [0.3, 0.4) is 0 Å². The molecule has 0 spiro atoms. The Bertz CT molecular complexity index is 563. The van der Waals surface area contributed by atoms with E-state index in [0.717, 1.165) is 5.56 Å². The lowest BCUT2D eigenvalue weighted by molar-refractivity contribution is 0.0502. The van der Waals surface area contributed by atoms with E-state index in [1.54, 1.807) is 45.0 Å². The van der Waals surface area contributed by atoms with E-state index in [1.165, 1.54) is 0 Å². The van der Waals surface area contributed by atoms with Crippen molar-refractivity contribution in [3.8, 4) is 0 Å². The molecule has 0 aliphatic carbocycles. The van der Waals surface area contributed by atoms with Crippen LogP contribution < -0.4 is 5.32 Å². The molecule has 2 N–H and O–H groups in total. The molecule has 1 rings (SSSR count). The number of hydrogen-bond acceptors (Lipinski definition) is 4. The van der Waals surface area contributed by atoms with Crippen LogP contribution in [0.2, 0.25) is 0 Å². The molecule has 0 unspecified atom stereocenters. The number of alkyl carbamates (subject to hydrolysis) is 1. The summed E-state index contributed by atoms with van der Waals surface area (Å²) in [4.78, 5) is 11.8. The number of ether oxygens (including phenoxy) is 1. The van der Waals surface area contributed by atoms with Crippen LogP contribution in [0.4, 0.5) is 4.79 Å². The minimum Gasteiger partial charge on any atom is -0.444 e. The Labute approximate surface area is 125 Å². The lowest BCUT2D eigenvalue weighted by Gasteiger charge is -2.23. The molecule has 0 aliphatic rings. The lowest BCUT2D eigenvalue weighted by Crippen LogP contribution is -2.35. The van der Waals surface area contributed by atoms with Gasteiger partial charge in [-0.1, -0.05) is 30.3 Å². The molecule has 6 nitrogen and oxygen atoms in total. The SMILES string of the molecule is CC(C)(C)OC(=O)N[C@H](CCS(=O)(=O)O)c1ccccc1. The monoisotopic (exact) mass is 315 g/mol. The summed E-state index contributed by atoms with van der Waals surface area (Å²) in [7, 11) is -4.09. The van der Waals surface area contributed by atoms with E-state index in [4.69, 9.17) is 9.29 Å². The van der Waals surface area contributed by atoms with Gasteiger partial charge in [-0.05, 0) is 32.8 Å². The van der Waals surface area contributed by atoms with Gasteiger partial charge in [0.1, 0.15) is 5.60 Å². The van der Waals surface area contributed by atoms with Gasteiger partial charge in [0.05, 0.1) is 11.8 Å². The third kappa shape index (κ3) is 7.67. The van der Waals surface area contributed by atoms with Gasteiger partial charge in [0.25, 0.3) is 10.1 Å². The first-order valence-electron chi connectivity index (χ1n) is 6.56. The Morgan fingerprint density at radius 1 is 1.29 bits per heavy atom. The summed E-state index contributed by atoms with van der Waals surface area (Å²) in [6.45, 7) is 5.22. The predicted molar refractivity (Wildman–Crippen MR) is 79.6 cm³/mol. The number of amides is 1. The predicted octanol–water partition coefficient (Wildman–Crippen LogP) is 2.53. The second-order valence-electron chi connectivity index (χ2n) is 5.68. The van der Waals surface area contributed by atoms with E-state index in [9.17, 15) is 13.2 Å². The maximum Gasteiger partial charge on any atom is 0.408 e. The summed E-state index contributed by atoms with van der Waals surface area (Å²) in [5.74, 6) is -0.442. The van der Waals surface area contributed by atoms with Crippen molar-refractivity contribution in [3.63, 3.8) is 0 Å². The minimum atomic E-state index is -4.09. The number of benzene rings is 1. The fourth-order valence-electron chi connectivity index (χ4n) is 1.72. The summed E-state index contributed by atoms with van der Waals surface area (Å²) in [6, 6.07) is 8.37. The number of hydrogen-bond donors (Lipinski definition) is 2. The van der Waals surface area contributed by atoms with Crippen molar-refractivity contribution in [3.05, 3.63) is 35.9 Å². The first kappa shape index (κ1) is 17.5. The molecular formula is C14H21NO5S. The third-order valence-electron chi connectivity index (χ3n) is 2.56. The second kappa shape index (κ2) is 6.91. The van der Waals surface area contributed by atoms with Gasteiger partial charge in [0, 0.05) is 0 Å². The zero-order chi connectivity index (χ0) is 16.1. The van der Waals surface area contributed by atoms with Crippen LogP contribution in [0.25, 0.3) is 0 Å². The summed E-state index contributed by atoms with van der Waals surface area (Å²) in [6.07, 6.45) is -0.575. The molecule has 118 valence electrons. The molecule has 0 saturated heterocycles. The molecular weight excluding hydrogens is 294 g/mol. The molecule has 1 aromatic carbocycles. The molecule has 7 heteroatoms. The van der Waals surface area contributed by atoms with Crippen LogP contribution in [0.1, 0.15) is 38.8 Å². The summed E-state index contributed by atoms with van der Waals surface area (Å²) < 4.78 is 35.8. The van der Waals surface area contributed by atoms with E-state index >= 15 is 0 Å². The van der Waals surface area contributed by atoms with Crippen molar-refractivity contribution in [2.24, 2.45) is 0 Å². The van der Waals surface area contributed by atoms with Crippen LogP contribution in [0, 0.1) is 0 Å². The van der Waals surface area contributed by atoms with Crippen molar-refractivity contribution in [1.29, 1.82) is 0 Å². The Morgan fingerprint density at radius 2 is 1.86 bits per heavy atom. The molecule has 0 fully saturated rings. The smallest absolute Gasteiger partial charge is 0.408 e. The molecule has 0 bridgehead atoms. The van der Waals surface area contributed by atoms with Crippen LogP contribution in [-0.2, 0) is 14.9 Å². The lowest BCUT2D eigenvalue weighted by atomic mass is 10.1. The van der Waals surface area contributed by atoms with Crippen LogP contribution in [0.5, 0.6) is 0 Å². The molecule has 1 atom stereocenters. The van der Waals surface area contributed by atoms with Gasteiger partial charge in [0.2, 0.25) is 0 Å². The average Bonchev–Trinajstić information content (AvgIpc) is 2.32. The highest BCUT2D eigenvalue weighted by atomic mass is 32.2. The number of carbonyl (C=O) groups is 1. The third-order valence-corrected chi connectivity index (χ3v) is 3.31. The highest BCUT2D eigenvalue weighted by molar-refractivity contribution is 7.85. The largest absolute Gasteiger partial charge is 0.444 e. The minimum absolute atomic E-state index is 0.0576. The second-order valence-corrected chi connectivity index (χ2v) is 7.26. The number of carbonyl (C=O) groups excluding carboxylic acids is 1. The standard InChI is InChI=1S/C14H21NO5S/c1-14(2,3)20-13(16)15-12(9-10-21(17,18)19)11-7-5-4-6-8-11/h4-8,12H,9-10H2,1-3H3,(H,15,16)(H,17,18,19)/t12-/m1/s1. The number of nitrogens with one attached hydrogen (secondary N) is 1. The molecule has 21 heavy (non-hydrogen) atoms. The van der Waals surface area contributed by atoms with Crippen molar-refractivity contribution in [2.45, 2.75) is 38.8 Å². The maximum atomic E-state index is 11.8. The summed E-state index contributed by atoms with van der Waals surface area (Å²) in [5, 5.41) is 2.63. The van der Waals surface area contributed by atoms with Crippen molar-refractivity contribution in [1.82, 2.24) is 5.32 Å². The van der Waals surface area contributed by atoms with Crippen LogP contribution in [0.15, 0.2) is 30.3 Å². The molecule has 0 aliphatic heterocycles. The average molecular weight is 315 g/mol. The molecule has 0 aromatic heterocycles. The van der Waals surface area contributed by atoms with Crippen LogP contribution in [-0.4, -0.2) is 30.4 Å². The van der Waals surface area contributed by atoms with Crippen molar-refractivity contribution >= 4 is 16.2 Å². The van der Waals surface area contributed by atoms with Gasteiger partial charge in [-0.3, -0.25) is 4.55 Å². The summed E-state index contributed by atoms with van der Waals surface area (Å²) >= 11 is 0. The normalized spacial score (nSPS) is 13.5. The van der Waals surface area contributed by atoms with E-state index < -0.39 is 33.6 Å². The first-order valence-corrected chi connectivity index (χ1v) is 8.17. The fourth-order valence-corrected chi connectivity index (χ4v) is 2.26. The highest BCUT2D eigenvalue weighted by Crippen LogP contribution is 2.18. The molecule has 0 heterocycles. The van der Waals surface area contributed by atoms with E-state index in [1.807, 2.05) is 6.07 Å². The van der Waals surface area contributed by atoms with Crippen molar-refractivity contribution < 1.29 is 22.5 Å². The Balaban J connectivity index is 2.80. The van der Waals surface area contributed by atoms with Gasteiger partial charge in [-0.2, -0.15) is 8.42 Å². The van der Waals surface area contributed by atoms with Crippen LogP contribution >= 0.6 is 0 Å². The van der Waals surface area contributed by atoms with E-state index in [-0.39, 0.29) is 6.42 Å². The van der Waals surface area contributed by atoms with Gasteiger partial charge in [-0.15, -0.1) is 0 Å². The van der Waals surface area contributed by atoms with Gasteiger partial charge < -0.3 is 10.1 Å². The van der Waals surface area contributed by atoms with Gasteiger partial charge in [-0.25, -0.2) is 4.79 Å². The Morgan fingerprint density at radius 3 is 2.33 bits per heavy atom. The van der Waals surface area contributed by atoms with E-state index in [2.05, 4.69) is 5.32 Å². The number of rotatable bonds is 5. The Hall–Kier alpha value is -1.60. The summed E-state index contributed by atoms with van der Waals surface area (Å²) in [5.41, 5.74) is 0.0981. The molecule has 0 saturated carbocycles. The maximum absolute atomic E-state index is 11.8.